The first-order valence-electron chi connectivity index (χ1n) is 7.23. The zero-order valence-electron chi connectivity index (χ0n) is 13.0. The van der Waals surface area contributed by atoms with Gasteiger partial charge in [0.2, 0.25) is 0 Å². The molecule has 0 amide bonds. The van der Waals surface area contributed by atoms with Gasteiger partial charge in [0.25, 0.3) is 0 Å². The van der Waals surface area contributed by atoms with Crippen molar-refractivity contribution >= 4 is 5.97 Å². The number of nitrogens with zero attached hydrogens (tertiary/aromatic N) is 1. The first-order chi connectivity index (χ1) is 10.6. The number of aromatic carboxylic acids is 1. The van der Waals surface area contributed by atoms with E-state index >= 15 is 0 Å². The number of carboxylic acids is 1. The molecule has 22 heavy (non-hydrogen) atoms. The summed E-state index contributed by atoms with van der Waals surface area (Å²) in [5, 5.41) is 9.03. The normalized spacial score (nSPS) is 10.7. The highest BCUT2D eigenvalue weighted by Gasteiger charge is 2.07. The third-order valence-corrected chi connectivity index (χ3v) is 3.58. The number of carbonyl (C=O) groups is 1. The van der Waals surface area contributed by atoms with Crippen molar-refractivity contribution in [2.45, 2.75) is 13.0 Å². The van der Waals surface area contributed by atoms with Crippen LogP contribution in [0.1, 0.15) is 21.5 Å². The van der Waals surface area contributed by atoms with Gasteiger partial charge in [-0.2, -0.15) is 0 Å². The van der Waals surface area contributed by atoms with Gasteiger partial charge in [-0.3, -0.25) is 0 Å². The van der Waals surface area contributed by atoms with Crippen molar-refractivity contribution in [2.24, 2.45) is 0 Å². The molecule has 0 fully saturated rings. The highest BCUT2D eigenvalue weighted by Crippen LogP contribution is 2.18. The zero-order valence-corrected chi connectivity index (χ0v) is 13.0. The molecule has 0 atom stereocenters. The molecule has 4 nitrogen and oxygen atoms in total. The summed E-state index contributed by atoms with van der Waals surface area (Å²) in [5.41, 5.74) is 2.51. The van der Waals surface area contributed by atoms with Crippen LogP contribution in [-0.4, -0.2) is 36.7 Å². The maximum absolute atomic E-state index is 11.0. The predicted molar refractivity (Wildman–Crippen MR) is 86.4 cm³/mol. The van der Waals surface area contributed by atoms with Crippen LogP contribution in [0.3, 0.4) is 0 Å². The highest BCUT2D eigenvalue weighted by molar-refractivity contribution is 5.87. The number of methoxy groups -OCH3 is 1. The maximum atomic E-state index is 11.0. The van der Waals surface area contributed by atoms with E-state index in [0.29, 0.717) is 5.56 Å². The molecule has 0 spiro atoms. The Morgan fingerprint density at radius 1 is 1.18 bits per heavy atom. The lowest BCUT2D eigenvalue weighted by Gasteiger charge is -2.18. The van der Waals surface area contributed by atoms with Crippen LogP contribution in [0.4, 0.5) is 0 Å². The Morgan fingerprint density at radius 2 is 1.95 bits per heavy atom. The van der Waals surface area contributed by atoms with Crippen LogP contribution in [0, 0.1) is 0 Å². The third kappa shape index (κ3) is 4.33. The fourth-order valence-corrected chi connectivity index (χ4v) is 2.41. The predicted octanol–water partition coefficient (Wildman–Crippen LogP) is 3.07. The lowest BCUT2D eigenvalue weighted by atomic mass is 10.1. The maximum Gasteiger partial charge on any atom is 0.335 e. The summed E-state index contributed by atoms with van der Waals surface area (Å²) < 4.78 is 5.35. The molecule has 2 aromatic carbocycles. The fraction of sp³-hybridized carbons (Fsp3) is 0.278. The molecule has 4 heteroatoms. The van der Waals surface area contributed by atoms with Crippen molar-refractivity contribution < 1.29 is 14.6 Å². The van der Waals surface area contributed by atoms with Crippen LogP contribution in [0.5, 0.6) is 5.75 Å². The van der Waals surface area contributed by atoms with E-state index in [-0.39, 0.29) is 0 Å². The molecule has 0 saturated heterocycles. The fourth-order valence-electron chi connectivity index (χ4n) is 2.41. The molecule has 0 aliphatic carbocycles. The molecule has 0 saturated carbocycles. The van der Waals surface area contributed by atoms with E-state index in [9.17, 15) is 4.79 Å². The first kappa shape index (κ1) is 16.0. The SMILES string of the molecule is COc1ccccc1CCN(C)Cc1cccc(C(=O)O)c1. The molecule has 0 aromatic heterocycles. The molecular formula is C18H21NO3. The number of para-hydroxylation sites is 1. The number of hydrogen-bond donors (Lipinski definition) is 1. The van der Waals surface area contributed by atoms with Gasteiger partial charge in [-0.1, -0.05) is 30.3 Å². The number of rotatable bonds is 7. The van der Waals surface area contributed by atoms with E-state index in [4.69, 9.17) is 9.84 Å². The molecule has 2 aromatic rings. The van der Waals surface area contributed by atoms with Gasteiger partial charge in [-0.25, -0.2) is 4.79 Å². The van der Waals surface area contributed by atoms with E-state index in [1.165, 1.54) is 5.56 Å². The van der Waals surface area contributed by atoms with Crippen LogP contribution in [0.2, 0.25) is 0 Å². The van der Waals surface area contributed by atoms with Gasteiger partial charge < -0.3 is 14.7 Å². The molecule has 0 radical (unpaired) electrons. The average molecular weight is 299 g/mol. The van der Waals surface area contributed by atoms with Crippen LogP contribution in [0.25, 0.3) is 0 Å². The van der Waals surface area contributed by atoms with Crippen LogP contribution in [0.15, 0.2) is 48.5 Å². The van der Waals surface area contributed by atoms with Crippen molar-refractivity contribution in [1.82, 2.24) is 4.90 Å². The minimum absolute atomic E-state index is 0.329. The topological polar surface area (TPSA) is 49.8 Å². The molecule has 0 heterocycles. The first-order valence-corrected chi connectivity index (χ1v) is 7.23. The van der Waals surface area contributed by atoms with E-state index < -0.39 is 5.97 Å². The summed E-state index contributed by atoms with van der Waals surface area (Å²) in [4.78, 5) is 13.2. The molecule has 0 unspecified atom stereocenters. The van der Waals surface area contributed by atoms with Gasteiger partial charge in [0.15, 0.2) is 0 Å². The van der Waals surface area contributed by atoms with Gasteiger partial charge in [-0.15, -0.1) is 0 Å². The largest absolute Gasteiger partial charge is 0.496 e. The Bertz CT molecular complexity index is 640. The van der Waals surface area contributed by atoms with Crippen molar-refractivity contribution in [3.05, 3.63) is 65.2 Å². The van der Waals surface area contributed by atoms with Gasteiger partial charge in [0.05, 0.1) is 12.7 Å². The number of benzene rings is 2. The van der Waals surface area contributed by atoms with Crippen LogP contribution < -0.4 is 4.74 Å². The molecule has 2 rings (SSSR count). The van der Waals surface area contributed by atoms with Crippen molar-refractivity contribution in [2.75, 3.05) is 20.7 Å². The number of hydrogen-bond acceptors (Lipinski definition) is 3. The van der Waals surface area contributed by atoms with Crippen LogP contribution >= 0.6 is 0 Å². The molecule has 0 aliphatic rings. The van der Waals surface area contributed by atoms with Gasteiger partial charge >= 0.3 is 5.97 Å². The molecule has 116 valence electrons. The van der Waals surface area contributed by atoms with E-state index in [1.54, 1.807) is 25.3 Å². The second-order valence-corrected chi connectivity index (χ2v) is 5.31. The number of ether oxygens (including phenoxy) is 1. The molecule has 0 bridgehead atoms. The van der Waals surface area contributed by atoms with E-state index in [1.807, 2.05) is 31.3 Å². The number of carboxylic acid groups (broad SMARTS) is 1. The lowest BCUT2D eigenvalue weighted by Crippen LogP contribution is -2.21. The molecule has 0 aliphatic heterocycles. The third-order valence-electron chi connectivity index (χ3n) is 3.58. The van der Waals surface area contributed by atoms with Crippen molar-refractivity contribution in [1.29, 1.82) is 0 Å². The highest BCUT2D eigenvalue weighted by atomic mass is 16.5. The van der Waals surface area contributed by atoms with E-state index in [0.717, 1.165) is 30.8 Å². The summed E-state index contributed by atoms with van der Waals surface area (Å²) >= 11 is 0. The summed E-state index contributed by atoms with van der Waals surface area (Å²) in [6.07, 6.45) is 0.888. The van der Waals surface area contributed by atoms with Crippen molar-refractivity contribution in [3.8, 4) is 5.75 Å². The molecule has 1 N–H and O–H groups in total. The van der Waals surface area contributed by atoms with Gasteiger partial charge in [-0.05, 0) is 42.8 Å². The van der Waals surface area contributed by atoms with Crippen molar-refractivity contribution in [3.63, 3.8) is 0 Å². The summed E-state index contributed by atoms with van der Waals surface area (Å²) in [6, 6.07) is 15.1. The second kappa shape index (κ2) is 7.61. The lowest BCUT2D eigenvalue weighted by molar-refractivity contribution is 0.0696. The van der Waals surface area contributed by atoms with Gasteiger partial charge in [0, 0.05) is 13.1 Å². The standard InChI is InChI=1S/C18H21NO3/c1-19(11-10-15-7-3-4-9-17(15)22-2)13-14-6-5-8-16(12-14)18(20)21/h3-9,12H,10-11,13H2,1-2H3,(H,20,21). The molecular weight excluding hydrogens is 278 g/mol. The quantitative estimate of drug-likeness (QED) is 0.853. The smallest absolute Gasteiger partial charge is 0.335 e. The van der Waals surface area contributed by atoms with E-state index in [2.05, 4.69) is 11.0 Å². The zero-order chi connectivity index (χ0) is 15.9. The minimum atomic E-state index is -0.890. The average Bonchev–Trinajstić information content (AvgIpc) is 2.53. The Labute approximate surface area is 131 Å². The summed E-state index contributed by atoms with van der Waals surface area (Å²) in [5.74, 6) is 0.0160. The Morgan fingerprint density at radius 3 is 2.68 bits per heavy atom. The minimum Gasteiger partial charge on any atom is -0.496 e. The number of likely N-dealkylation sites (N-methyl/N-ethyl adjacent to an activating group) is 1. The van der Waals surface area contributed by atoms with Crippen LogP contribution in [-0.2, 0) is 13.0 Å². The summed E-state index contributed by atoms with van der Waals surface area (Å²) in [7, 11) is 3.71. The Hall–Kier alpha value is -2.33. The monoisotopic (exact) mass is 299 g/mol. The van der Waals surface area contributed by atoms with Gasteiger partial charge in [0.1, 0.15) is 5.75 Å². The Kier molecular flexibility index (Phi) is 5.55. The Balaban J connectivity index is 1.94. The summed E-state index contributed by atoms with van der Waals surface area (Å²) in [6.45, 7) is 1.59. The second-order valence-electron chi connectivity index (χ2n) is 5.31.